The number of hydrogen-bond donors (Lipinski definition) is 0. The number of benzene rings is 1. The topological polar surface area (TPSA) is 16.1 Å². The van der Waals surface area contributed by atoms with E-state index < -0.39 is 0 Å². The zero-order chi connectivity index (χ0) is 13.4. The molecule has 2 aliphatic heterocycles. The van der Waals surface area contributed by atoms with Crippen LogP contribution in [0.1, 0.15) is 5.69 Å². The van der Waals surface area contributed by atoms with Gasteiger partial charge in [-0.1, -0.05) is 36.4 Å². The average molecular weight is 258 g/mol. The number of para-hydroxylation sites is 1. The molecule has 3 heterocycles. The van der Waals surface area contributed by atoms with E-state index in [1.54, 1.807) is 0 Å². The van der Waals surface area contributed by atoms with Gasteiger partial charge < -0.3 is 4.90 Å². The van der Waals surface area contributed by atoms with Crippen LogP contribution in [-0.4, -0.2) is 16.4 Å². The van der Waals surface area contributed by atoms with Gasteiger partial charge in [0.25, 0.3) is 0 Å². The molecule has 20 heavy (non-hydrogen) atoms. The maximum Gasteiger partial charge on any atom is 0.0730 e. The molecule has 0 aliphatic carbocycles. The molecule has 0 radical (unpaired) electrons. The molecule has 0 amide bonds. The van der Waals surface area contributed by atoms with Crippen LogP contribution < -0.4 is 0 Å². The summed E-state index contributed by atoms with van der Waals surface area (Å²) in [4.78, 5) is 7.04. The zero-order valence-corrected chi connectivity index (χ0v) is 11.0. The Balaban J connectivity index is 1.85. The molecule has 2 aromatic rings. The lowest BCUT2D eigenvalue weighted by atomic mass is 10.0. The molecule has 4 rings (SSSR count). The van der Waals surface area contributed by atoms with Crippen molar-refractivity contribution in [3.05, 3.63) is 84.4 Å². The summed E-state index contributed by atoms with van der Waals surface area (Å²) in [6.45, 7) is 0.924. The monoisotopic (exact) mass is 258 g/mol. The first-order valence-electron chi connectivity index (χ1n) is 6.80. The molecule has 0 unspecified atom stereocenters. The highest BCUT2D eigenvalue weighted by molar-refractivity contribution is 5.85. The minimum absolute atomic E-state index is 0.924. The van der Waals surface area contributed by atoms with Crippen molar-refractivity contribution in [1.29, 1.82) is 0 Å². The van der Waals surface area contributed by atoms with Gasteiger partial charge in [0.05, 0.1) is 16.9 Å². The summed E-state index contributed by atoms with van der Waals surface area (Å²) in [7, 11) is 0. The molecule has 0 bridgehead atoms. The second kappa shape index (κ2) is 4.49. The molecule has 0 saturated carbocycles. The molecule has 2 nitrogen and oxygen atoms in total. The first-order valence-corrected chi connectivity index (χ1v) is 6.80. The summed E-state index contributed by atoms with van der Waals surface area (Å²) in [5, 5.41) is 1.18. The van der Waals surface area contributed by atoms with Crippen molar-refractivity contribution in [1.82, 2.24) is 9.88 Å². The predicted molar refractivity (Wildman–Crippen MR) is 82.8 cm³/mol. The fourth-order valence-electron chi connectivity index (χ4n) is 2.67. The molecule has 0 N–H and O–H groups in total. The minimum atomic E-state index is 0.924. The van der Waals surface area contributed by atoms with E-state index in [1.807, 2.05) is 12.1 Å². The predicted octanol–water partition coefficient (Wildman–Crippen LogP) is 3.90. The Morgan fingerprint density at radius 3 is 2.90 bits per heavy atom. The molecule has 1 aromatic heterocycles. The van der Waals surface area contributed by atoms with E-state index in [0.29, 0.717) is 0 Å². The van der Waals surface area contributed by atoms with Crippen molar-refractivity contribution in [2.24, 2.45) is 0 Å². The van der Waals surface area contributed by atoms with E-state index in [1.165, 1.54) is 16.7 Å². The minimum Gasteiger partial charge on any atom is -0.344 e. The van der Waals surface area contributed by atoms with Gasteiger partial charge in [-0.3, -0.25) is 0 Å². The first-order chi connectivity index (χ1) is 9.92. The van der Waals surface area contributed by atoms with Gasteiger partial charge in [-0.05, 0) is 30.4 Å². The standard InChI is InChI=1S/C18H14N2/c1-2-8-16-14(6-1)10-11-17(19-16)15-7-5-13-20-12-4-3-9-18(15)20/h1-11,13H,12H2. The number of hydrogen-bond acceptors (Lipinski definition) is 2. The van der Waals surface area contributed by atoms with Crippen LogP contribution in [0.2, 0.25) is 0 Å². The number of nitrogens with zero attached hydrogens (tertiary/aromatic N) is 2. The zero-order valence-electron chi connectivity index (χ0n) is 11.0. The van der Waals surface area contributed by atoms with Crippen LogP contribution >= 0.6 is 0 Å². The first kappa shape index (κ1) is 11.2. The van der Waals surface area contributed by atoms with Gasteiger partial charge in [-0.2, -0.15) is 0 Å². The van der Waals surface area contributed by atoms with E-state index in [-0.39, 0.29) is 0 Å². The summed E-state index contributed by atoms with van der Waals surface area (Å²) in [6.07, 6.45) is 12.8. The lowest BCUT2D eigenvalue weighted by molar-refractivity contribution is 0.528. The van der Waals surface area contributed by atoms with Crippen molar-refractivity contribution in [3.8, 4) is 0 Å². The largest absolute Gasteiger partial charge is 0.344 e. The third-order valence-electron chi connectivity index (χ3n) is 3.68. The van der Waals surface area contributed by atoms with Crippen LogP contribution in [0.3, 0.4) is 0 Å². The highest BCUT2D eigenvalue weighted by atomic mass is 15.1. The second-order valence-electron chi connectivity index (χ2n) is 4.94. The van der Waals surface area contributed by atoms with Crippen LogP contribution in [0, 0.1) is 0 Å². The van der Waals surface area contributed by atoms with Crippen LogP contribution in [-0.2, 0) is 0 Å². The molecule has 0 saturated heterocycles. The summed E-state index contributed by atoms with van der Waals surface area (Å²) < 4.78 is 0. The fourth-order valence-corrected chi connectivity index (χ4v) is 2.67. The molecule has 2 heteroatoms. The van der Waals surface area contributed by atoms with Gasteiger partial charge in [-0.15, -0.1) is 0 Å². The highest BCUT2D eigenvalue weighted by Gasteiger charge is 2.17. The van der Waals surface area contributed by atoms with Crippen LogP contribution in [0.4, 0.5) is 0 Å². The third-order valence-corrected chi connectivity index (χ3v) is 3.68. The summed E-state index contributed by atoms with van der Waals surface area (Å²) in [5.41, 5.74) is 4.47. The number of rotatable bonds is 1. The Morgan fingerprint density at radius 1 is 0.950 bits per heavy atom. The quantitative estimate of drug-likeness (QED) is 0.771. The van der Waals surface area contributed by atoms with Gasteiger partial charge in [0.15, 0.2) is 0 Å². The summed E-state index contributed by atoms with van der Waals surface area (Å²) in [5.74, 6) is 0. The molecule has 0 fully saturated rings. The van der Waals surface area contributed by atoms with E-state index in [0.717, 1.165) is 17.8 Å². The summed E-state index contributed by atoms with van der Waals surface area (Å²) in [6, 6.07) is 12.5. The normalized spacial score (nSPS) is 16.9. The van der Waals surface area contributed by atoms with Gasteiger partial charge in [0, 0.05) is 23.7 Å². The van der Waals surface area contributed by atoms with Crippen LogP contribution in [0.15, 0.2) is 78.7 Å². The third kappa shape index (κ3) is 1.77. The number of fused-ring (bicyclic) bond motifs is 2. The Hall–Kier alpha value is -2.61. The Morgan fingerprint density at radius 2 is 1.90 bits per heavy atom. The van der Waals surface area contributed by atoms with E-state index >= 15 is 0 Å². The lowest BCUT2D eigenvalue weighted by Crippen LogP contribution is -2.21. The van der Waals surface area contributed by atoms with Crippen molar-refractivity contribution < 1.29 is 0 Å². The fraction of sp³-hybridized carbons (Fsp3) is 0.0556. The average Bonchev–Trinajstić information content (AvgIpc) is 2.54. The molecule has 0 atom stereocenters. The number of allylic oxidation sites excluding steroid dienone is 5. The molecule has 2 aliphatic rings. The van der Waals surface area contributed by atoms with Crippen molar-refractivity contribution >= 4 is 16.5 Å². The van der Waals surface area contributed by atoms with Crippen LogP contribution in [0.25, 0.3) is 16.5 Å². The lowest BCUT2D eigenvalue weighted by Gasteiger charge is -2.28. The smallest absolute Gasteiger partial charge is 0.0730 e. The van der Waals surface area contributed by atoms with Gasteiger partial charge in [0.1, 0.15) is 0 Å². The van der Waals surface area contributed by atoms with Crippen LogP contribution in [0.5, 0.6) is 0 Å². The molecular formula is C18H14N2. The van der Waals surface area contributed by atoms with Gasteiger partial charge in [-0.25, -0.2) is 4.98 Å². The van der Waals surface area contributed by atoms with Gasteiger partial charge >= 0.3 is 0 Å². The number of pyridine rings is 1. The maximum atomic E-state index is 4.80. The number of aromatic nitrogens is 1. The Kier molecular flexibility index (Phi) is 2.52. The second-order valence-corrected chi connectivity index (χ2v) is 4.94. The molecule has 96 valence electrons. The molecular weight excluding hydrogens is 244 g/mol. The maximum absolute atomic E-state index is 4.80. The Bertz CT molecular complexity index is 794. The van der Waals surface area contributed by atoms with E-state index in [2.05, 4.69) is 65.7 Å². The van der Waals surface area contributed by atoms with E-state index in [9.17, 15) is 0 Å². The van der Waals surface area contributed by atoms with Gasteiger partial charge in [0.2, 0.25) is 0 Å². The SMILES string of the molecule is C1=CCN2C=CC=C(c3ccc4ccccc4n3)C2=C1. The molecule has 0 spiro atoms. The summed E-state index contributed by atoms with van der Waals surface area (Å²) >= 11 is 0. The van der Waals surface area contributed by atoms with Crippen molar-refractivity contribution in [2.45, 2.75) is 0 Å². The van der Waals surface area contributed by atoms with E-state index in [4.69, 9.17) is 4.98 Å². The van der Waals surface area contributed by atoms with Crippen molar-refractivity contribution in [2.75, 3.05) is 6.54 Å². The molecule has 1 aromatic carbocycles. The van der Waals surface area contributed by atoms with Crippen molar-refractivity contribution in [3.63, 3.8) is 0 Å². The highest BCUT2D eigenvalue weighted by Crippen LogP contribution is 2.30. The Labute approximate surface area is 118 Å².